The second-order valence-corrected chi connectivity index (χ2v) is 4.67. The van der Waals surface area contributed by atoms with E-state index in [1.54, 1.807) is 6.07 Å². The van der Waals surface area contributed by atoms with Gasteiger partial charge in [-0.05, 0) is 31.0 Å². The topological polar surface area (TPSA) is 29.5 Å². The predicted molar refractivity (Wildman–Crippen MR) is 64.5 cm³/mol. The lowest BCUT2D eigenvalue weighted by molar-refractivity contribution is 0.0601. The Labute approximate surface area is 101 Å². The highest BCUT2D eigenvalue weighted by Crippen LogP contribution is 2.36. The lowest BCUT2D eigenvalue weighted by Crippen LogP contribution is -2.25. The quantitative estimate of drug-likeness (QED) is 0.812. The highest BCUT2D eigenvalue weighted by atomic mass is 19.1. The second-order valence-electron chi connectivity index (χ2n) is 4.67. The zero-order valence-electron chi connectivity index (χ0n) is 10.2. The van der Waals surface area contributed by atoms with Gasteiger partial charge in [-0.1, -0.05) is 19.8 Å². The molecule has 0 radical (unpaired) electrons. The first-order chi connectivity index (χ1) is 8.20. The molecule has 1 heterocycles. The van der Waals surface area contributed by atoms with E-state index in [9.17, 15) is 9.50 Å². The Morgan fingerprint density at radius 1 is 1.41 bits per heavy atom. The molecule has 0 aromatic heterocycles. The van der Waals surface area contributed by atoms with E-state index in [-0.39, 0.29) is 11.9 Å². The molecule has 3 heteroatoms. The molecule has 0 fully saturated rings. The summed E-state index contributed by atoms with van der Waals surface area (Å²) < 4.78 is 18.8. The van der Waals surface area contributed by atoms with Crippen molar-refractivity contribution in [3.63, 3.8) is 0 Å². The van der Waals surface area contributed by atoms with Crippen molar-refractivity contribution >= 4 is 0 Å². The number of ether oxygens (including phenoxy) is 1. The molecule has 2 nitrogen and oxygen atoms in total. The number of hydrogen-bond acceptors (Lipinski definition) is 2. The van der Waals surface area contributed by atoms with Gasteiger partial charge in [-0.3, -0.25) is 0 Å². The van der Waals surface area contributed by atoms with Crippen LogP contribution in [-0.4, -0.2) is 11.2 Å². The summed E-state index contributed by atoms with van der Waals surface area (Å²) in [6.45, 7) is 2.16. The number of hydrogen-bond donors (Lipinski definition) is 1. The highest BCUT2D eigenvalue weighted by molar-refractivity contribution is 5.37. The third-order valence-corrected chi connectivity index (χ3v) is 3.24. The van der Waals surface area contributed by atoms with E-state index in [2.05, 4.69) is 6.92 Å². The predicted octanol–water partition coefficient (Wildman–Crippen LogP) is 3.59. The Kier molecular flexibility index (Phi) is 4.00. The lowest BCUT2D eigenvalue weighted by Gasteiger charge is -2.29. The van der Waals surface area contributed by atoms with Gasteiger partial charge in [-0.2, -0.15) is 0 Å². The number of aliphatic hydroxyl groups is 1. The molecule has 0 spiro atoms. The van der Waals surface area contributed by atoms with Gasteiger partial charge in [0.2, 0.25) is 0 Å². The summed E-state index contributed by atoms with van der Waals surface area (Å²) >= 11 is 0. The highest BCUT2D eigenvalue weighted by Gasteiger charge is 2.26. The average molecular weight is 238 g/mol. The van der Waals surface area contributed by atoms with Gasteiger partial charge in [0, 0.05) is 12.0 Å². The first kappa shape index (κ1) is 12.4. The fourth-order valence-electron chi connectivity index (χ4n) is 2.29. The third kappa shape index (κ3) is 2.97. The number of fused-ring (bicyclic) bond motifs is 1. The Morgan fingerprint density at radius 2 is 2.24 bits per heavy atom. The summed E-state index contributed by atoms with van der Waals surface area (Å²) in [4.78, 5) is 0. The summed E-state index contributed by atoms with van der Waals surface area (Å²) in [5.41, 5.74) is 0.580. The molecule has 0 bridgehead atoms. The Balaban J connectivity index is 2.03. The standard InChI is InChI=1S/C14H19FO2/c1-2-3-4-5-11-9-13(16)12-8-10(15)6-7-14(12)17-11/h6-8,11,13,16H,2-5,9H2,1H3/t11?,13-/m1/s1. The van der Waals surface area contributed by atoms with E-state index < -0.39 is 6.10 Å². The molecule has 1 aliphatic heterocycles. The summed E-state index contributed by atoms with van der Waals surface area (Å²) in [6.07, 6.45) is 4.48. The van der Waals surface area contributed by atoms with Crippen LogP contribution in [0.4, 0.5) is 4.39 Å². The van der Waals surface area contributed by atoms with Crippen LogP contribution in [0.15, 0.2) is 18.2 Å². The molecule has 2 atom stereocenters. The van der Waals surface area contributed by atoms with Gasteiger partial charge >= 0.3 is 0 Å². The minimum Gasteiger partial charge on any atom is -0.490 e. The van der Waals surface area contributed by atoms with Crippen molar-refractivity contribution in [1.29, 1.82) is 0 Å². The molecule has 2 rings (SSSR count). The van der Waals surface area contributed by atoms with Crippen molar-refractivity contribution in [3.05, 3.63) is 29.6 Å². The van der Waals surface area contributed by atoms with Crippen LogP contribution in [0.25, 0.3) is 0 Å². The number of benzene rings is 1. The molecule has 0 aliphatic carbocycles. The largest absolute Gasteiger partial charge is 0.490 e. The third-order valence-electron chi connectivity index (χ3n) is 3.24. The van der Waals surface area contributed by atoms with Crippen molar-refractivity contribution in [3.8, 4) is 5.75 Å². The monoisotopic (exact) mass is 238 g/mol. The molecule has 1 aliphatic rings. The van der Waals surface area contributed by atoms with Crippen LogP contribution < -0.4 is 4.74 Å². The smallest absolute Gasteiger partial charge is 0.125 e. The second kappa shape index (κ2) is 5.50. The maximum Gasteiger partial charge on any atom is 0.125 e. The van der Waals surface area contributed by atoms with Crippen LogP contribution in [0.5, 0.6) is 5.75 Å². The van der Waals surface area contributed by atoms with E-state index in [1.165, 1.54) is 25.0 Å². The van der Waals surface area contributed by atoms with Gasteiger partial charge in [0.25, 0.3) is 0 Å². The van der Waals surface area contributed by atoms with E-state index in [4.69, 9.17) is 4.74 Å². The maximum atomic E-state index is 13.0. The fraction of sp³-hybridized carbons (Fsp3) is 0.571. The van der Waals surface area contributed by atoms with Crippen LogP contribution in [0.1, 0.15) is 50.7 Å². The Morgan fingerprint density at radius 3 is 3.00 bits per heavy atom. The molecule has 0 saturated carbocycles. The molecule has 94 valence electrons. The Hall–Kier alpha value is -1.09. The van der Waals surface area contributed by atoms with Crippen LogP contribution in [0.3, 0.4) is 0 Å². The van der Waals surface area contributed by atoms with Crippen LogP contribution >= 0.6 is 0 Å². The molecule has 1 N–H and O–H groups in total. The van der Waals surface area contributed by atoms with Gasteiger partial charge in [0.1, 0.15) is 17.7 Å². The van der Waals surface area contributed by atoms with E-state index in [1.807, 2.05) is 0 Å². The van der Waals surface area contributed by atoms with E-state index in [0.717, 1.165) is 12.8 Å². The van der Waals surface area contributed by atoms with Gasteiger partial charge in [-0.25, -0.2) is 4.39 Å². The minimum atomic E-state index is -0.596. The van der Waals surface area contributed by atoms with Crippen molar-refractivity contribution < 1.29 is 14.2 Å². The summed E-state index contributed by atoms with van der Waals surface area (Å²) in [6, 6.07) is 4.35. The fourth-order valence-corrected chi connectivity index (χ4v) is 2.29. The van der Waals surface area contributed by atoms with Crippen molar-refractivity contribution in [2.45, 2.75) is 51.2 Å². The maximum absolute atomic E-state index is 13.0. The summed E-state index contributed by atoms with van der Waals surface area (Å²) in [5, 5.41) is 9.97. The molecule has 1 unspecified atom stereocenters. The zero-order chi connectivity index (χ0) is 12.3. The summed E-state index contributed by atoms with van der Waals surface area (Å²) in [5.74, 6) is 0.308. The normalized spacial score (nSPS) is 23.0. The van der Waals surface area contributed by atoms with Gasteiger partial charge in [-0.15, -0.1) is 0 Å². The molecule has 17 heavy (non-hydrogen) atoms. The molecule has 1 aromatic carbocycles. The van der Waals surface area contributed by atoms with Crippen molar-refractivity contribution in [2.24, 2.45) is 0 Å². The average Bonchev–Trinajstić information content (AvgIpc) is 2.31. The molecule has 0 saturated heterocycles. The number of halogens is 1. The lowest BCUT2D eigenvalue weighted by atomic mass is 9.96. The van der Waals surface area contributed by atoms with Gasteiger partial charge in [0.05, 0.1) is 6.10 Å². The minimum absolute atomic E-state index is 0.0644. The molecular weight excluding hydrogens is 219 g/mol. The van der Waals surface area contributed by atoms with Crippen molar-refractivity contribution in [1.82, 2.24) is 0 Å². The molecular formula is C14H19FO2. The van der Waals surface area contributed by atoms with E-state index in [0.29, 0.717) is 17.7 Å². The van der Waals surface area contributed by atoms with Crippen LogP contribution in [0.2, 0.25) is 0 Å². The zero-order valence-corrected chi connectivity index (χ0v) is 10.2. The summed E-state index contributed by atoms with van der Waals surface area (Å²) in [7, 11) is 0. The Bertz CT molecular complexity index is 378. The van der Waals surface area contributed by atoms with Crippen LogP contribution in [-0.2, 0) is 0 Å². The number of unbranched alkanes of at least 4 members (excludes halogenated alkanes) is 2. The number of rotatable bonds is 4. The molecule has 0 amide bonds. The van der Waals surface area contributed by atoms with E-state index >= 15 is 0 Å². The first-order valence-electron chi connectivity index (χ1n) is 6.35. The van der Waals surface area contributed by atoms with Gasteiger partial charge in [0.15, 0.2) is 0 Å². The SMILES string of the molecule is CCCCCC1C[C@@H](O)c2cc(F)ccc2O1. The van der Waals surface area contributed by atoms with Gasteiger partial charge < -0.3 is 9.84 Å². The molecule has 1 aromatic rings. The number of aliphatic hydroxyl groups excluding tert-OH is 1. The van der Waals surface area contributed by atoms with Crippen LogP contribution in [0, 0.1) is 5.82 Å². The van der Waals surface area contributed by atoms with Crippen molar-refractivity contribution in [2.75, 3.05) is 0 Å². The first-order valence-corrected chi connectivity index (χ1v) is 6.35.